The number of nitro benzene ring substituents is 1. The van der Waals surface area contributed by atoms with E-state index >= 15 is 0 Å². The molecule has 0 radical (unpaired) electrons. The first-order valence-electron chi connectivity index (χ1n) is 9.70. The maximum atomic E-state index is 12.1. The maximum Gasteiger partial charge on any atom is 0.311 e. The summed E-state index contributed by atoms with van der Waals surface area (Å²) in [6.45, 7) is 8.53. The van der Waals surface area contributed by atoms with E-state index in [1.54, 1.807) is 20.8 Å². The Kier molecular flexibility index (Phi) is 7.70. The summed E-state index contributed by atoms with van der Waals surface area (Å²) in [5, 5.41) is 32.4. The van der Waals surface area contributed by atoms with Gasteiger partial charge in [0.1, 0.15) is 24.9 Å². The molecular formula is C21H29NO8. The molecule has 2 N–H and O–H groups in total. The molecule has 1 aliphatic heterocycles. The number of esters is 1. The molecule has 0 amide bonds. The molecule has 1 aromatic carbocycles. The lowest BCUT2D eigenvalue weighted by Gasteiger charge is -2.36. The molecular weight excluding hydrogens is 394 g/mol. The van der Waals surface area contributed by atoms with Gasteiger partial charge in [-0.3, -0.25) is 14.9 Å². The molecule has 9 nitrogen and oxygen atoms in total. The van der Waals surface area contributed by atoms with Crippen molar-refractivity contribution in [1.29, 1.82) is 0 Å². The summed E-state index contributed by atoms with van der Waals surface area (Å²) in [5.74, 6) is -0.452. The van der Waals surface area contributed by atoms with Crippen molar-refractivity contribution in [2.24, 2.45) is 5.41 Å². The molecule has 1 aromatic rings. The van der Waals surface area contributed by atoms with Crippen LogP contribution >= 0.6 is 0 Å². The van der Waals surface area contributed by atoms with Crippen LogP contribution in [0.5, 0.6) is 0 Å². The number of nitrogens with zero attached hydrogens (tertiary/aromatic N) is 1. The molecule has 4 atom stereocenters. The molecule has 2 rings (SSSR count). The van der Waals surface area contributed by atoms with Gasteiger partial charge in [-0.2, -0.15) is 0 Å². The van der Waals surface area contributed by atoms with Gasteiger partial charge >= 0.3 is 5.97 Å². The zero-order valence-corrected chi connectivity index (χ0v) is 17.8. The summed E-state index contributed by atoms with van der Waals surface area (Å²) in [6, 6.07) is 5.38. The van der Waals surface area contributed by atoms with Crippen molar-refractivity contribution >= 4 is 11.7 Å². The molecule has 0 aliphatic carbocycles. The van der Waals surface area contributed by atoms with Crippen LogP contribution < -0.4 is 0 Å². The van der Waals surface area contributed by atoms with Crippen LogP contribution in [0.4, 0.5) is 5.69 Å². The number of carbonyl (C=O) groups is 1. The minimum atomic E-state index is -1.27. The van der Waals surface area contributed by atoms with Gasteiger partial charge < -0.3 is 24.4 Å². The molecule has 0 bridgehead atoms. The standard InChI is InChI=1S/C21H29NO8/c1-12(2)29-17-10-15(18(23)13-6-8-14(9-7-13)22(26)27)19(24)16(30-17)11-28-20(25)21(3,4)5/h6-10,12,16-19,23-24H,11H2,1-5H3/t16-,17+,18-,19+/m1/s1. The first kappa shape index (κ1) is 23.9. The van der Waals surface area contributed by atoms with Crippen LogP contribution in [0.3, 0.4) is 0 Å². The van der Waals surface area contributed by atoms with Crippen molar-refractivity contribution in [2.45, 2.75) is 65.3 Å². The fraction of sp³-hybridized carbons (Fsp3) is 0.571. The van der Waals surface area contributed by atoms with Crippen LogP contribution in [-0.2, 0) is 19.0 Å². The number of aliphatic hydroxyl groups excluding tert-OH is 2. The largest absolute Gasteiger partial charge is 0.462 e. The molecule has 9 heteroatoms. The smallest absolute Gasteiger partial charge is 0.311 e. The topological polar surface area (TPSA) is 128 Å². The van der Waals surface area contributed by atoms with Crippen molar-refractivity contribution in [3.8, 4) is 0 Å². The molecule has 0 aromatic heterocycles. The number of non-ortho nitro benzene ring substituents is 1. The van der Waals surface area contributed by atoms with Gasteiger partial charge in [0.15, 0.2) is 6.29 Å². The second kappa shape index (κ2) is 9.65. The highest BCUT2D eigenvalue weighted by Gasteiger charge is 2.37. The van der Waals surface area contributed by atoms with Crippen LogP contribution in [0.25, 0.3) is 0 Å². The van der Waals surface area contributed by atoms with Crippen LogP contribution in [0.15, 0.2) is 35.9 Å². The quantitative estimate of drug-likeness (QED) is 0.296. The Labute approximate surface area is 175 Å². The zero-order chi connectivity index (χ0) is 22.6. The highest BCUT2D eigenvalue weighted by Crippen LogP contribution is 2.32. The second-order valence-electron chi connectivity index (χ2n) is 8.44. The van der Waals surface area contributed by atoms with E-state index < -0.39 is 40.9 Å². The third kappa shape index (κ3) is 6.09. The predicted octanol–water partition coefficient (Wildman–Crippen LogP) is 2.65. The lowest BCUT2D eigenvalue weighted by atomic mass is 9.92. The van der Waals surface area contributed by atoms with Crippen LogP contribution in [-0.4, -0.2) is 52.3 Å². The molecule has 0 fully saturated rings. The van der Waals surface area contributed by atoms with Crippen molar-refractivity contribution in [2.75, 3.05) is 6.61 Å². The average Bonchev–Trinajstić information content (AvgIpc) is 2.66. The number of benzene rings is 1. The maximum absolute atomic E-state index is 12.1. The summed E-state index contributed by atoms with van der Waals surface area (Å²) in [7, 11) is 0. The fourth-order valence-electron chi connectivity index (χ4n) is 2.82. The number of rotatable bonds is 7. The summed E-state index contributed by atoms with van der Waals surface area (Å²) in [4.78, 5) is 22.4. The number of ether oxygens (including phenoxy) is 3. The summed E-state index contributed by atoms with van der Waals surface area (Å²) < 4.78 is 16.7. The number of carbonyl (C=O) groups excluding carboxylic acids is 1. The normalized spacial score (nSPS) is 23.1. The Morgan fingerprint density at radius 2 is 1.87 bits per heavy atom. The van der Waals surface area contributed by atoms with E-state index in [9.17, 15) is 25.1 Å². The van der Waals surface area contributed by atoms with Crippen LogP contribution in [0.1, 0.15) is 46.3 Å². The van der Waals surface area contributed by atoms with Gasteiger partial charge in [-0.05, 0) is 64.0 Å². The highest BCUT2D eigenvalue weighted by molar-refractivity contribution is 5.75. The fourth-order valence-corrected chi connectivity index (χ4v) is 2.82. The molecule has 30 heavy (non-hydrogen) atoms. The summed E-state index contributed by atoms with van der Waals surface area (Å²) in [6.07, 6.45) is -3.06. The van der Waals surface area contributed by atoms with Crippen molar-refractivity contribution in [3.63, 3.8) is 0 Å². The molecule has 0 saturated heterocycles. The molecule has 0 saturated carbocycles. The molecule has 1 heterocycles. The van der Waals surface area contributed by atoms with E-state index in [0.29, 0.717) is 5.56 Å². The lowest BCUT2D eigenvalue weighted by molar-refractivity contribution is -0.384. The van der Waals surface area contributed by atoms with Crippen molar-refractivity contribution < 1.29 is 34.1 Å². The second-order valence-corrected chi connectivity index (χ2v) is 8.44. The van der Waals surface area contributed by atoms with Gasteiger partial charge in [0.05, 0.1) is 16.4 Å². The zero-order valence-electron chi connectivity index (χ0n) is 17.8. The Balaban J connectivity index is 2.24. The lowest BCUT2D eigenvalue weighted by Crippen LogP contribution is -2.45. The number of aliphatic hydroxyl groups is 2. The molecule has 0 unspecified atom stereocenters. The average molecular weight is 423 g/mol. The Morgan fingerprint density at radius 1 is 1.27 bits per heavy atom. The van der Waals surface area contributed by atoms with Crippen molar-refractivity contribution in [1.82, 2.24) is 0 Å². The third-order valence-electron chi connectivity index (χ3n) is 4.46. The third-order valence-corrected chi connectivity index (χ3v) is 4.46. The van der Waals surface area contributed by atoms with Crippen LogP contribution in [0.2, 0.25) is 0 Å². The van der Waals surface area contributed by atoms with Crippen LogP contribution in [0, 0.1) is 15.5 Å². The summed E-state index contributed by atoms with van der Waals surface area (Å²) in [5.41, 5.74) is -0.260. The predicted molar refractivity (Wildman–Crippen MR) is 107 cm³/mol. The van der Waals surface area contributed by atoms with Gasteiger partial charge in [0.25, 0.3) is 5.69 Å². The first-order valence-corrected chi connectivity index (χ1v) is 9.70. The number of hydrogen-bond donors (Lipinski definition) is 2. The highest BCUT2D eigenvalue weighted by atomic mass is 16.7. The summed E-state index contributed by atoms with van der Waals surface area (Å²) >= 11 is 0. The van der Waals surface area contributed by atoms with Gasteiger partial charge in [-0.15, -0.1) is 0 Å². The first-order chi connectivity index (χ1) is 13.9. The van der Waals surface area contributed by atoms with E-state index in [0.717, 1.165) is 0 Å². The molecule has 0 spiro atoms. The van der Waals surface area contributed by atoms with Gasteiger partial charge in [-0.25, -0.2) is 0 Å². The molecule has 1 aliphatic rings. The number of nitro groups is 1. The number of hydrogen-bond acceptors (Lipinski definition) is 8. The van der Waals surface area contributed by atoms with E-state index in [-0.39, 0.29) is 24.0 Å². The molecule has 166 valence electrons. The minimum Gasteiger partial charge on any atom is -0.462 e. The van der Waals surface area contributed by atoms with Gasteiger partial charge in [0, 0.05) is 12.1 Å². The Morgan fingerprint density at radius 3 is 2.37 bits per heavy atom. The monoisotopic (exact) mass is 423 g/mol. The van der Waals surface area contributed by atoms with E-state index in [2.05, 4.69) is 0 Å². The van der Waals surface area contributed by atoms with E-state index in [1.807, 2.05) is 13.8 Å². The minimum absolute atomic E-state index is 0.111. The van der Waals surface area contributed by atoms with E-state index in [1.165, 1.54) is 30.3 Å². The van der Waals surface area contributed by atoms with Gasteiger partial charge in [-0.1, -0.05) is 0 Å². The van der Waals surface area contributed by atoms with Gasteiger partial charge in [0.2, 0.25) is 0 Å². The Hall–Kier alpha value is -2.33. The van der Waals surface area contributed by atoms with E-state index in [4.69, 9.17) is 14.2 Å². The SMILES string of the molecule is CC(C)O[C@@H]1C=C([C@H](O)c2ccc([N+](=O)[O-])cc2)[C@H](O)[C@@H](COC(=O)C(C)(C)C)O1. The Bertz CT molecular complexity index is 781. The van der Waals surface area contributed by atoms with Crippen molar-refractivity contribution in [3.05, 3.63) is 51.6 Å².